The first-order valence-electron chi connectivity index (χ1n) is 7.73. The molecule has 0 bridgehead atoms. The van der Waals surface area contributed by atoms with Crippen LogP contribution in [0.4, 0.5) is 4.79 Å². The summed E-state index contributed by atoms with van der Waals surface area (Å²) < 4.78 is 13.0. The van der Waals surface area contributed by atoms with Crippen molar-refractivity contribution in [1.29, 1.82) is 0 Å². The molecule has 0 radical (unpaired) electrons. The minimum Gasteiger partial charge on any atom is -0.444 e. The normalized spacial score (nSPS) is 19.3. The topological polar surface area (TPSA) is 69.5 Å². The summed E-state index contributed by atoms with van der Waals surface area (Å²) in [6, 6.07) is 0. The van der Waals surface area contributed by atoms with E-state index < -0.39 is 5.60 Å². The Labute approximate surface area is 131 Å². The SMILES string of the molecule is Cn1cnnc1COC[C@H]1CCCN(C(=O)OC(C)(C)C)C1. The Morgan fingerprint density at radius 3 is 2.86 bits per heavy atom. The highest BCUT2D eigenvalue weighted by molar-refractivity contribution is 5.68. The predicted molar refractivity (Wildman–Crippen MR) is 81.2 cm³/mol. The van der Waals surface area contributed by atoms with Gasteiger partial charge in [0.1, 0.15) is 18.5 Å². The molecular formula is C15H26N4O3. The quantitative estimate of drug-likeness (QED) is 0.850. The summed E-state index contributed by atoms with van der Waals surface area (Å²) >= 11 is 0. The van der Waals surface area contributed by atoms with Gasteiger partial charge in [0.2, 0.25) is 0 Å². The van der Waals surface area contributed by atoms with Gasteiger partial charge in [-0.25, -0.2) is 4.79 Å². The fourth-order valence-electron chi connectivity index (χ4n) is 2.45. The van der Waals surface area contributed by atoms with Crippen molar-refractivity contribution in [3.05, 3.63) is 12.2 Å². The predicted octanol–water partition coefficient (Wildman–Crippen LogP) is 1.98. The zero-order valence-electron chi connectivity index (χ0n) is 13.9. The highest BCUT2D eigenvalue weighted by Gasteiger charge is 2.27. The Balaban J connectivity index is 1.76. The molecule has 1 aromatic heterocycles. The number of likely N-dealkylation sites (tertiary alicyclic amines) is 1. The molecule has 124 valence electrons. The second-order valence-corrected chi connectivity index (χ2v) is 6.81. The molecule has 0 spiro atoms. The molecule has 0 N–H and O–H groups in total. The van der Waals surface area contributed by atoms with Gasteiger partial charge in [-0.2, -0.15) is 0 Å². The summed E-state index contributed by atoms with van der Waals surface area (Å²) in [5.41, 5.74) is -0.453. The summed E-state index contributed by atoms with van der Waals surface area (Å²) in [6.45, 7) is 8.16. The highest BCUT2D eigenvalue weighted by Crippen LogP contribution is 2.19. The molecule has 1 atom stereocenters. The van der Waals surface area contributed by atoms with Crippen molar-refractivity contribution >= 4 is 6.09 Å². The summed E-state index contributed by atoms with van der Waals surface area (Å²) in [5.74, 6) is 1.15. The van der Waals surface area contributed by atoms with Crippen LogP contribution in [0.25, 0.3) is 0 Å². The van der Waals surface area contributed by atoms with Crippen LogP contribution in [0.5, 0.6) is 0 Å². The van der Waals surface area contributed by atoms with Gasteiger partial charge in [-0.15, -0.1) is 10.2 Å². The second kappa shape index (κ2) is 7.09. The maximum atomic E-state index is 12.1. The molecule has 2 rings (SSSR count). The maximum Gasteiger partial charge on any atom is 0.410 e. The molecule has 1 saturated heterocycles. The highest BCUT2D eigenvalue weighted by atomic mass is 16.6. The molecule has 1 fully saturated rings. The number of nitrogens with zero attached hydrogens (tertiary/aromatic N) is 4. The minimum atomic E-state index is -0.453. The molecule has 1 amide bonds. The molecule has 7 nitrogen and oxygen atoms in total. The van der Waals surface area contributed by atoms with Crippen LogP contribution in [-0.4, -0.2) is 51.1 Å². The molecule has 0 saturated carbocycles. The van der Waals surface area contributed by atoms with Gasteiger partial charge in [-0.3, -0.25) is 0 Å². The van der Waals surface area contributed by atoms with Crippen LogP contribution in [0.3, 0.4) is 0 Å². The number of amides is 1. The molecule has 0 unspecified atom stereocenters. The third-order valence-corrected chi connectivity index (χ3v) is 3.56. The first kappa shape index (κ1) is 16.7. The Bertz CT molecular complexity index is 495. The van der Waals surface area contributed by atoms with Crippen LogP contribution in [0.15, 0.2) is 6.33 Å². The average Bonchev–Trinajstić information content (AvgIpc) is 2.83. The van der Waals surface area contributed by atoms with Gasteiger partial charge >= 0.3 is 6.09 Å². The summed E-state index contributed by atoms with van der Waals surface area (Å²) in [5, 5.41) is 7.81. The van der Waals surface area contributed by atoms with Crippen molar-refractivity contribution in [2.24, 2.45) is 13.0 Å². The van der Waals surface area contributed by atoms with E-state index in [1.807, 2.05) is 32.4 Å². The van der Waals surface area contributed by atoms with Gasteiger partial charge < -0.3 is 18.9 Å². The molecule has 2 heterocycles. The molecular weight excluding hydrogens is 284 g/mol. The fourth-order valence-corrected chi connectivity index (χ4v) is 2.45. The molecule has 1 aromatic rings. The Morgan fingerprint density at radius 1 is 1.45 bits per heavy atom. The van der Waals surface area contributed by atoms with Crippen molar-refractivity contribution in [1.82, 2.24) is 19.7 Å². The number of ether oxygens (including phenoxy) is 2. The third kappa shape index (κ3) is 4.98. The largest absolute Gasteiger partial charge is 0.444 e. The van der Waals surface area contributed by atoms with Gasteiger partial charge in [0.15, 0.2) is 5.82 Å². The van der Waals surface area contributed by atoms with Crippen LogP contribution in [0, 0.1) is 5.92 Å². The van der Waals surface area contributed by atoms with E-state index in [1.165, 1.54) is 0 Å². The number of aryl methyl sites for hydroxylation is 1. The van der Waals surface area contributed by atoms with E-state index in [-0.39, 0.29) is 6.09 Å². The first-order valence-corrected chi connectivity index (χ1v) is 7.73. The van der Waals surface area contributed by atoms with E-state index in [0.717, 1.165) is 25.2 Å². The Hall–Kier alpha value is -1.63. The van der Waals surface area contributed by atoms with E-state index in [9.17, 15) is 4.79 Å². The van der Waals surface area contributed by atoms with Gasteiger partial charge in [0.05, 0.1) is 6.61 Å². The number of aromatic nitrogens is 3. The Kier molecular flexibility index (Phi) is 5.39. The maximum absolute atomic E-state index is 12.1. The van der Waals surface area contributed by atoms with Gasteiger partial charge in [-0.05, 0) is 33.6 Å². The van der Waals surface area contributed by atoms with E-state index >= 15 is 0 Å². The van der Waals surface area contributed by atoms with Crippen LogP contribution >= 0.6 is 0 Å². The van der Waals surface area contributed by atoms with E-state index in [1.54, 1.807) is 11.2 Å². The van der Waals surface area contributed by atoms with Crippen molar-refractivity contribution in [2.75, 3.05) is 19.7 Å². The van der Waals surface area contributed by atoms with E-state index in [2.05, 4.69) is 10.2 Å². The zero-order chi connectivity index (χ0) is 16.2. The third-order valence-electron chi connectivity index (χ3n) is 3.56. The van der Waals surface area contributed by atoms with Crippen molar-refractivity contribution < 1.29 is 14.3 Å². The summed E-state index contributed by atoms with van der Waals surface area (Å²) in [7, 11) is 1.89. The van der Waals surface area contributed by atoms with Crippen LogP contribution in [0.2, 0.25) is 0 Å². The summed E-state index contributed by atoms with van der Waals surface area (Å²) in [6.07, 6.45) is 3.48. The number of hydrogen-bond donors (Lipinski definition) is 0. The number of piperidine rings is 1. The lowest BCUT2D eigenvalue weighted by Crippen LogP contribution is -2.43. The first-order chi connectivity index (χ1) is 10.3. The van der Waals surface area contributed by atoms with Crippen molar-refractivity contribution in [3.63, 3.8) is 0 Å². The number of carbonyl (C=O) groups is 1. The molecule has 0 aromatic carbocycles. The Morgan fingerprint density at radius 2 is 2.23 bits per heavy atom. The fraction of sp³-hybridized carbons (Fsp3) is 0.800. The van der Waals surface area contributed by atoms with Gasteiger partial charge in [-0.1, -0.05) is 0 Å². The molecule has 7 heteroatoms. The van der Waals surface area contributed by atoms with Gasteiger partial charge in [0.25, 0.3) is 0 Å². The standard InChI is InChI=1S/C15H26N4O3/c1-15(2,3)22-14(20)19-7-5-6-12(8-19)9-21-10-13-17-16-11-18(13)4/h11-12H,5-10H2,1-4H3/t12-/m0/s1. The second-order valence-electron chi connectivity index (χ2n) is 6.81. The molecule has 1 aliphatic rings. The lowest BCUT2D eigenvalue weighted by molar-refractivity contribution is 0.00523. The van der Waals surface area contributed by atoms with Crippen LogP contribution in [0.1, 0.15) is 39.4 Å². The minimum absolute atomic E-state index is 0.231. The molecule has 1 aliphatic heterocycles. The average molecular weight is 310 g/mol. The number of carbonyl (C=O) groups excluding carboxylic acids is 1. The van der Waals surface area contributed by atoms with Crippen LogP contribution < -0.4 is 0 Å². The lowest BCUT2D eigenvalue weighted by atomic mass is 9.99. The smallest absolute Gasteiger partial charge is 0.410 e. The zero-order valence-corrected chi connectivity index (χ0v) is 13.9. The van der Waals surface area contributed by atoms with Gasteiger partial charge in [0, 0.05) is 26.1 Å². The summed E-state index contributed by atoms with van der Waals surface area (Å²) in [4.78, 5) is 13.9. The lowest BCUT2D eigenvalue weighted by Gasteiger charge is -2.34. The number of hydrogen-bond acceptors (Lipinski definition) is 5. The van der Waals surface area contributed by atoms with E-state index in [4.69, 9.17) is 9.47 Å². The molecule has 0 aliphatic carbocycles. The van der Waals surface area contributed by atoms with Crippen LogP contribution in [-0.2, 0) is 23.1 Å². The molecule has 22 heavy (non-hydrogen) atoms. The van der Waals surface area contributed by atoms with E-state index in [0.29, 0.717) is 25.7 Å². The van der Waals surface area contributed by atoms with Crippen molar-refractivity contribution in [3.8, 4) is 0 Å². The van der Waals surface area contributed by atoms with Crippen molar-refractivity contribution in [2.45, 2.75) is 45.8 Å². The number of rotatable bonds is 4. The monoisotopic (exact) mass is 310 g/mol.